The number of nitrogens with zero attached hydrogens (tertiary/aromatic N) is 1. The number of hydrogen-bond donors (Lipinski definition) is 1. The van der Waals surface area contributed by atoms with Crippen molar-refractivity contribution in [3.05, 3.63) is 59.9 Å². The molecule has 1 N–H and O–H groups in total. The van der Waals surface area contributed by atoms with Crippen molar-refractivity contribution in [1.29, 1.82) is 0 Å². The highest BCUT2D eigenvalue weighted by Crippen LogP contribution is 2.26. The average molecular weight is 256 g/mol. The molecule has 0 aliphatic carbocycles. The monoisotopic (exact) mass is 256 g/mol. The zero-order valence-corrected chi connectivity index (χ0v) is 11.6. The van der Waals surface area contributed by atoms with E-state index in [1.165, 1.54) is 11.1 Å². The van der Waals surface area contributed by atoms with Crippen molar-refractivity contribution in [2.24, 2.45) is 0 Å². The molecule has 2 aromatic rings. The third-order valence-electron chi connectivity index (χ3n) is 3.31. The van der Waals surface area contributed by atoms with Gasteiger partial charge in [0.05, 0.1) is 7.11 Å². The molecule has 0 aliphatic rings. The molecule has 0 spiro atoms. The average Bonchev–Trinajstić information content (AvgIpc) is 2.48. The van der Waals surface area contributed by atoms with Gasteiger partial charge in [-0.1, -0.05) is 18.2 Å². The van der Waals surface area contributed by atoms with Gasteiger partial charge in [-0.05, 0) is 37.6 Å². The Bertz CT molecular complexity index is 513. The molecule has 1 unspecified atom stereocenters. The van der Waals surface area contributed by atoms with Crippen LogP contribution in [-0.2, 0) is 0 Å². The van der Waals surface area contributed by atoms with E-state index in [1.807, 2.05) is 42.7 Å². The van der Waals surface area contributed by atoms with E-state index in [0.29, 0.717) is 0 Å². The summed E-state index contributed by atoms with van der Waals surface area (Å²) in [6.45, 7) is 4.30. The SMILES string of the molecule is COc1ccccc1[C@H](C)NC(C)c1ccncc1. The van der Waals surface area contributed by atoms with Gasteiger partial charge in [0, 0.05) is 30.0 Å². The summed E-state index contributed by atoms with van der Waals surface area (Å²) in [4.78, 5) is 4.04. The van der Waals surface area contributed by atoms with Crippen LogP contribution in [0, 0.1) is 0 Å². The molecule has 2 rings (SSSR count). The molecule has 19 heavy (non-hydrogen) atoms. The van der Waals surface area contributed by atoms with Crippen molar-refractivity contribution in [2.45, 2.75) is 25.9 Å². The van der Waals surface area contributed by atoms with Crippen LogP contribution in [0.1, 0.15) is 37.1 Å². The van der Waals surface area contributed by atoms with Gasteiger partial charge in [0.1, 0.15) is 5.75 Å². The van der Waals surface area contributed by atoms with Crippen LogP contribution in [0.2, 0.25) is 0 Å². The lowest BCUT2D eigenvalue weighted by Gasteiger charge is -2.22. The number of methoxy groups -OCH3 is 1. The minimum atomic E-state index is 0.222. The van der Waals surface area contributed by atoms with Crippen molar-refractivity contribution in [2.75, 3.05) is 7.11 Å². The Morgan fingerprint density at radius 2 is 1.68 bits per heavy atom. The minimum Gasteiger partial charge on any atom is -0.496 e. The molecular formula is C16H20N2O. The molecule has 0 bridgehead atoms. The van der Waals surface area contributed by atoms with Gasteiger partial charge >= 0.3 is 0 Å². The first-order valence-electron chi connectivity index (χ1n) is 6.51. The molecule has 1 heterocycles. The molecule has 0 saturated carbocycles. The van der Waals surface area contributed by atoms with Crippen molar-refractivity contribution >= 4 is 0 Å². The number of pyridine rings is 1. The molecule has 0 radical (unpaired) electrons. The van der Waals surface area contributed by atoms with Crippen LogP contribution in [0.4, 0.5) is 0 Å². The fourth-order valence-electron chi connectivity index (χ4n) is 2.24. The molecule has 3 heteroatoms. The third kappa shape index (κ3) is 3.32. The van der Waals surface area contributed by atoms with Gasteiger partial charge in [-0.25, -0.2) is 0 Å². The first-order valence-corrected chi connectivity index (χ1v) is 6.51. The maximum Gasteiger partial charge on any atom is 0.123 e. The Kier molecular flexibility index (Phi) is 4.53. The van der Waals surface area contributed by atoms with Crippen molar-refractivity contribution < 1.29 is 4.74 Å². The molecule has 1 aromatic heterocycles. The topological polar surface area (TPSA) is 34.1 Å². The Morgan fingerprint density at radius 3 is 2.37 bits per heavy atom. The van der Waals surface area contributed by atoms with Gasteiger partial charge in [0.15, 0.2) is 0 Å². The van der Waals surface area contributed by atoms with Crippen molar-refractivity contribution in [3.63, 3.8) is 0 Å². The van der Waals surface area contributed by atoms with E-state index >= 15 is 0 Å². The van der Waals surface area contributed by atoms with Crippen LogP contribution in [0.3, 0.4) is 0 Å². The van der Waals surface area contributed by atoms with Crippen LogP contribution >= 0.6 is 0 Å². The number of para-hydroxylation sites is 1. The number of aromatic nitrogens is 1. The highest BCUT2D eigenvalue weighted by molar-refractivity contribution is 5.35. The van der Waals surface area contributed by atoms with E-state index in [-0.39, 0.29) is 12.1 Å². The Labute approximate surface area is 114 Å². The lowest BCUT2D eigenvalue weighted by atomic mass is 10.0. The summed E-state index contributed by atoms with van der Waals surface area (Å²) in [6.07, 6.45) is 3.64. The standard InChI is InChI=1S/C16H20N2O/c1-12(14-8-10-17-11-9-14)18-13(2)15-6-4-5-7-16(15)19-3/h4-13,18H,1-3H3/t12?,13-/m0/s1. The molecule has 3 nitrogen and oxygen atoms in total. The molecule has 0 fully saturated rings. The lowest BCUT2D eigenvalue weighted by molar-refractivity contribution is 0.396. The van der Waals surface area contributed by atoms with Gasteiger partial charge in [-0.2, -0.15) is 0 Å². The molecule has 2 atom stereocenters. The van der Waals surface area contributed by atoms with E-state index in [2.05, 4.69) is 30.2 Å². The summed E-state index contributed by atoms with van der Waals surface area (Å²) in [5, 5.41) is 3.58. The Hall–Kier alpha value is -1.87. The zero-order chi connectivity index (χ0) is 13.7. The second-order valence-electron chi connectivity index (χ2n) is 4.63. The quantitative estimate of drug-likeness (QED) is 0.889. The number of nitrogens with one attached hydrogen (secondary N) is 1. The van der Waals surface area contributed by atoms with Gasteiger partial charge < -0.3 is 10.1 Å². The van der Waals surface area contributed by atoms with Crippen molar-refractivity contribution in [3.8, 4) is 5.75 Å². The van der Waals surface area contributed by atoms with Crippen molar-refractivity contribution in [1.82, 2.24) is 10.3 Å². The first kappa shape index (κ1) is 13.6. The zero-order valence-electron chi connectivity index (χ0n) is 11.6. The molecule has 0 saturated heterocycles. The fourth-order valence-corrected chi connectivity index (χ4v) is 2.24. The van der Waals surface area contributed by atoms with E-state index in [9.17, 15) is 0 Å². The molecule has 0 aliphatic heterocycles. The van der Waals surface area contributed by atoms with E-state index in [4.69, 9.17) is 4.74 Å². The van der Waals surface area contributed by atoms with Crippen LogP contribution in [0.15, 0.2) is 48.8 Å². The predicted molar refractivity (Wildman–Crippen MR) is 77.2 cm³/mol. The number of hydrogen-bond acceptors (Lipinski definition) is 3. The van der Waals surface area contributed by atoms with Crippen LogP contribution in [0.5, 0.6) is 5.75 Å². The van der Waals surface area contributed by atoms with Crippen LogP contribution in [-0.4, -0.2) is 12.1 Å². The smallest absolute Gasteiger partial charge is 0.123 e. The maximum atomic E-state index is 5.40. The largest absolute Gasteiger partial charge is 0.496 e. The number of ether oxygens (including phenoxy) is 1. The Balaban J connectivity index is 2.11. The molecule has 0 amide bonds. The van der Waals surface area contributed by atoms with Gasteiger partial charge in [-0.3, -0.25) is 4.98 Å². The fraction of sp³-hybridized carbons (Fsp3) is 0.312. The van der Waals surface area contributed by atoms with Gasteiger partial charge in [0.25, 0.3) is 0 Å². The van der Waals surface area contributed by atoms with Crippen LogP contribution in [0.25, 0.3) is 0 Å². The van der Waals surface area contributed by atoms with E-state index < -0.39 is 0 Å². The summed E-state index contributed by atoms with van der Waals surface area (Å²) < 4.78 is 5.40. The molecule has 100 valence electrons. The highest BCUT2D eigenvalue weighted by atomic mass is 16.5. The second kappa shape index (κ2) is 6.34. The van der Waals surface area contributed by atoms with Gasteiger partial charge in [0.2, 0.25) is 0 Å². The predicted octanol–water partition coefficient (Wildman–Crippen LogP) is 3.50. The number of rotatable bonds is 5. The maximum absolute atomic E-state index is 5.40. The third-order valence-corrected chi connectivity index (χ3v) is 3.31. The summed E-state index contributed by atoms with van der Waals surface area (Å²) in [6, 6.07) is 12.7. The second-order valence-corrected chi connectivity index (χ2v) is 4.63. The van der Waals surface area contributed by atoms with Gasteiger partial charge in [-0.15, -0.1) is 0 Å². The lowest BCUT2D eigenvalue weighted by Crippen LogP contribution is -2.22. The minimum absolute atomic E-state index is 0.222. The normalized spacial score (nSPS) is 13.8. The first-order chi connectivity index (χ1) is 9.22. The summed E-state index contributed by atoms with van der Waals surface area (Å²) in [5.74, 6) is 0.921. The number of benzene rings is 1. The highest BCUT2D eigenvalue weighted by Gasteiger charge is 2.14. The summed E-state index contributed by atoms with van der Waals surface area (Å²) >= 11 is 0. The Morgan fingerprint density at radius 1 is 1.00 bits per heavy atom. The van der Waals surface area contributed by atoms with E-state index in [0.717, 1.165) is 5.75 Å². The van der Waals surface area contributed by atoms with E-state index in [1.54, 1.807) is 7.11 Å². The van der Waals surface area contributed by atoms with Crippen LogP contribution < -0.4 is 10.1 Å². The molecular weight excluding hydrogens is 236 g/mol. The summed E-state index contributed by atoms with van der Waals surface area (Å²) in [5.41, 5.74) is 2.41. The summed E-state index contributed by atoms with van der Waals surface area (Å²) in [7, 11) is 1.71. The molecule has 1 aromatic carbocycles.